The maximum atomic E-state index is 12.2. The molecule has 0 bridgehead atoms. The molecular weight excluding hydrogens is 436 g/mol. The highest BCUT2D eigenvalue weighted by atomic mass is 16.6. The van der Waals surface area contributed by atoms with Gasteiger partial charge in [-0.1, -0.05) is 80.1 Å². The summed E-state index contributed by atoms with van der Waals surface area (Å²) in [5.74, 6) is 0.484. The van der Waals surface area contributed by atoms with Crippen molar-refractivity contribution < 1.29 is 19.0 Å². The molecular formula is C31H36O4. The summed E-state index contributed by atoms with van der Waals surface area (Å²) in [6, 6.07) is 26.8. The highest BCUT2D eigenvalue weighted by Gasteiger charge is 2.21. The van der Waals surface area contributed by atoms with Crippen molar-refractivity contribution in [2.75, 3.05) is 19.8 Å². The van der Waals surface area contributed by atoms with Crippen molar-refractivity contribution in [1.82, 2.24) is 0 Å². The summed E-state index contributed by atoms with van der Waals surface area (Å²) in [5, 5.41) is 0. The molecule has 184 valence electrons. The predicted octanol–water partition coefficient (Wildman–Crippen LogP) is 7.13. The van der Waals surface area contributed by atoms with E-state index in [1.54, 1.807) is 0 Å². The minimum absolute atomic E-state index is 0.304. The zero-order valence-corrected chi connectivity index (χ0v) is 21.0. The first-order chi connectivity index (χ1) is 17.1. The van der Waals surface area contributed by atoms with E-state index < -0.39 is 6.10 Å². The van der Waals surface area contributed by atoms with Gasteiger partial charge in [0.25, 0.3) is 0 Å². The van der Waals surface area contributed by atoms with Crippen molar-refractivity contribution in [2.24, 2.45) is 0 Å². The van der Waals surface area contributed by atoms with Crippen LogP contribution in [0.1, 0.15) is 44.7 Å². The number of esters is 1. The molecule has 3 rings (SSSR count). The molecule has 3 aromatic rings. The fraction of sp³-hybridized carbons (Fsp3) is 0.323. The van der Waals surface area contributed by atoms with Gasteiger partial charge in [-0.15, -0.1) is 0 Å². The number of carbonyl (C=O) groups excluding carboxylic acids is 1. The Morgan fingerprint density at radius 1 is 0.886 bits per heavy atom. The number of hydrogen-bond acceptors (Lipinski definition) is 4. The van der Waals surface area contributed by atoms with Crippen LogP contribution >= 0.6 is 0 Å². The van der Waals surface area contributed by atoms with Crippen LogP contribution in [0.3, 0.4) is 0 Å². The molecule has 0 N–H and O–H groups in total. The third-order valence-corrected chi connectivity index (χ3v) is 5.80. The Kier molecular flexibility index (Phi) is 10.6. The van der Waals surface area contributed by atoms with Gasteiger partial charge in [0.1, 0.15) is 12.4 Å². The summed E-state index contributed by atoms with van der Waals surface area (Å²) < 4.78 is 16.9. The van der Waals surface area contributed by atoms with Crippen LogP contribution in [0.5, 0.6) is 5.75 Å². The van der Waals surface area contributed by atoms with E-state index in [1.807, 2.05) is 37.3 Å². The molecule has 4 heteroatoms. The zero-order chi connectivity index (χ0) is 24.9. The molecule has 0 spiro atoms. The number of ether oxygens (including phenoxy) is 3. The number of unbranched alkanes of at least 4 members (excludes halogenated alkanes) is 1. The first-order valence-electron chi connectivity index (χ1n) is 12.4. The van der Waals surface area contributed by atoms with Crippen LogP contribution in [-0.2, 0) is 20.7 Å². The molecule has 35 heavy (non-hydrogen) atoms. The summed E-state index contributed by atoms with van der Waals surface area (Å²) >= 11 is 0. The van der Waals surface area contributed by atoms with Crippen molar-refractivity contribution in [1.29, 1.82) is 0 Å². The monoisotopic (exact) mass is 472 g/mol. The molecule has 4 nitrogen and oxygen atoms in total. The number of rotatable bonds is 13. The first kappa shape index (κ1) is 26.2. The smallest absolute Gasteiger partial charge is 0.335 e. The van der Waals surface area contributed by atoms with Gasteiger partial charge in [0, 0.05) is 13.0 Å². The topological polar surface area (TPSA) is 44.8 Å². The summed E-state index contributed by atoms with van der Waals surface area (Å²) in [6.07, 6.45) is 3.94. The van der Waals surface area contributed by atoms with Gasteiger partial charge in [-0.2, -0.15) is 0 Å². The van der Waals surface area contributed by atoms with Gasteiger partial charge in [0.05, 0.1) is 6.61 Å². The number of hydrogen-bond donors (Lipinski definition) is 0. The van der Waals surface area contributed by atoms with Gasteiger partial charge in [-0.3, -0.25) is 0 Å². The summed E-state index contributed by atoms with van der Waals surface area (Å²) in [4.78, 5) is 12.2. The number of carbonyl (C=O) groups is 1. The Morgan fingerprint density at radius 3 is 2.23 bits per heavy atom. The van der Waals surface area contributed by atoms with E-state index in [9.17, 15) is 4.79 Å². The van der Waals surface area contributed by atoms with Gasteiger partial charge in [-0.25, -0.2) is 4.79 Å². The normalized spacial score (nSPS) is 12.3. The van der Waals surface area contributed by atoms with Gasteiger partial charge < -0.3 is 14.2 Å². The Labute approximate surface area is 209 Å². The van der Waals surface area contributed by atoms with Crippen molar-refractivity contribution in [3.63, 3.8) is 0 Å². The van der Waals surface area contributed by atoms with Crippen LogP contribution in [0.4, 0.5) is 0 Å². The lowest BCUT2D eigenvalue weighted by atomic mass is 10.0. The molecule has 0 radical (unpaired) electrons. The first-order valence-corrected chi connectivity index (χ1v) is 12.4. The molecule has 0 saturated heterocycles. The van der Waals surface area contributed by atoms with E-state index in [0.29, 0.717) is 26.2 Å². The van der Waals surface area contributed by atoms with Crippen LogP contribution in [-0.4, -0.2) is 31.9 Å². The van der Waals surface area contributed by atoms with Crippen LogP contribution < -0.4 is 4.74 Å². The third kappa shape index (κ3) is 8.41. The van der Waals surface area contributed by atoms with Crippen LogP contribution in [0, 0.1) is 0 Å². The molecule has 0 fully saturated rings. The average molecular weight is 473 g/mol. The van der Waals surface area contributed by atoms with Crippen LogP contribution in [0.25, 0.3) is 16.7 Å². The molecule has 3 aromatic carbocycles. The molecule has 1 atom stereocenters. The van der Waals surface area contributed by atoms with E-state index >= 15 is 0 Å². The van der Waals surface area contributed by atoms with E-state index in [-0.39, 0.29) is 5.97 Å². The average Bonchev–Trinajstić information content (AvgIpc) is 2.90. The maximum Gasteiger partial charge on any atom is 0.335 e. The second kappa shape index (κ2) is 14.1. The largest absolute Gasteiger partial charge is 0.490 e. The molecule has 0 aliphatic carbocycles. The summed E-state index contributed by atoms with van der Waals surface area (Å²) in [5.41, 5.74) is 5.78. The SMILES string of the molecule is CCCCOC(Cc1ccc(OCC=C(C)c2ccc(-c3ccccc3)cc2)cc1)C(=O)OCC. The second-order valence-corrected chi connectivity index (χ2v) is 8.45. The molecule has 0 heterocycles. The van der Waals surface area contributed by atoms with E-state index in [0.717, 1.165) is 24.2 Å². The minimum atomic E-state index is -0.577. The Morgan fingerprint density at radius 2 is 1.57 bits per heavy atom. The lowest BCUT2D eigenvalue weighted by Gasteiger charge is -2.16. The molecule has 0 aromatic heterocycles. The van der Waals surface area contributed by atoms with Gasteiger partial charge in [0.2, 0.25) is 0 Å². The summed E-state index contributed by atoms with van der Waals surface area (Å²) in [7, 11) is 0. The molecule has 0 aliphatic heterocycles. The van der Waals surface area contributed by atoms with Gasteiger partial charge in [0.15, 0.2) is 6.10 Å². The fourth-order valence-corrected chi connectivity index (χ4v) is 3.69. The van der Waals surface area contributed by atoms with Gasteiger partial charge in [-0.05, 0) is 66.3 Å². The Hall–Kier alpha value is -3.37. The third-order valence-electron chi connectivity index (χ3n) is 5.80. The maximum absolute atomic E-state index is 12.2. The predicted molar refractivity (Wildman–Crippen MR) is 142 cm³/mol. The van der Waals surface area contributed by atoms with Crippen LogP contribution in [0.2, 0.25) is 0 Å². The Bertz CT molecular complexity index is 1050. The van der Waals surface area contributed by atoms with Gasteiger partial charge >= 0.3 is 5.97 Å². The molecule has 1 unspecified atom stereocenters. The molecule has 0 aliphatic rings. The highest BCUT2D eigenvalue weighted by Crippen LogP contribution is 2.22. The zero-order valence-electron chi connectivity index (χ0n) is 21.0. The van der Waals surface area contributed by atoms with Crippen molar-refractivity contribution >= 4 is 11.5 Å². The standard InChI is InChI=1S/C31H36O4/c1-4-6-21-35-30(31(32)33-5-2)23-25-12-18-29(19-13-25)34-22-20-24(3)26-14-16-28(17-15-26)27-10-8-7-9-11-27/h7-20,30H,4-6,21-23H2,1-3H3. The van der Waals surface area contributed by atoms with E-state index in [1.165, 1.54) is 22.3 Å². The van der Waals surface area contributed by atoms with Crippen LogP contribution in [0.15, 0.2) is 84.9 Å². The minimum Gasteiger partial charge on any atom is -0.490 e. The van der Waals surface area contributed by atoms with E-state index in [2.05, 4.69) is 68.5 Å². The van der Waals surface area contributed by atoms with Crippen molar-refractivity contribution in [3.8, 4) is 16.9 Å². The lowest BCUT2D eigenvalue weighted by molar-refractivity contribution is -0.156. The van der Waals surface area contributed by atoms with E-state index in [4.69, 9.17) is 14.2 Å². The lowest BCUT2D eigenvalue weighted by Crippen LogP contribution is -2.29. The fourth-order valence-electron chi connectivity index (χ4n) is 3.69. The highest BCUT2D eigenvalue weighted by molar-refractivity contribution is 5.75. The van der Waals surface area contributed by atoms with Crippen molar-refractivity contribution in [3.05, 3.63) is 96.1 Å². The quantitative estimate of drug-likeness (QED) is 0.196. The second-order valence-electron chi connectivity index (χ2n) is 8.45. The van der Waals surface area contributed by atoms with Crippen molar-refractivity contribution in [2.45, 2.75) is 46.1 Å². The number of allylic oxidation sites excluding steroid dienone is 1. The molecule has 0 amide bonds. The Balaban J connectivity index is 1.53. The molecule has 0 saturated carbocycles. The summed E-state index contributed by atoms with van der Waals surface area (Å²) in [6.45, 7) is 7.39. The number of benzene rings is 3.